The van der Waals surface area contributed by atoms with Gasteiger partial charge in [-0.2, -0.15) is 0 Å². The molecular weight excluding hydrogens is 206 g/mol. The lowest BCUT2D eigenvalue weighted by molar-refractivity contribution is 0.512. The van der Waals surface area contributed by atoms with Gasteiger partial charge < -0.3 is 5.32 Å². The first-order valence-corrected chi connectivity index (χ1v) is 6.57. The van der Waals surface area contributed by atoms with Crippen LogP contribution in [0.25, 0.3) is 0 Å². The van der Waals surface area contributed by atoms with Crippen molar-refractivity contribution in [3.63, 3.8) is 0 Å². The van der Waals surface area contributed by atoms with Crippen molar-refractivity contribution in [2.75, 3.05) is 6.54 Å². The fraction of sp³-hybridized carbons (Fsp3) is 0.500. The zero-order chi connectivity index (χ0) is 12.7. The minimum atomic E-state index is 0.523. The van der Waals surface area contributed by atoms with Crippen LogP contribution in [0.15, 0.2) is 30.9 Å². The predicted octanol–water partition coefficient (Wildman–Crippen LogP) is 3.79. The molecule has 1 aromatic rings. The van der Waals surface area contributed by atoms with Crippen molar-refractivity contribution in [3.8, 4) is 0 Å². The van der Waals surface area contributed by atoms with Crippen LogP contribution in [-0.4, -0.2) is 12.6 Å². The molecule has 1 atom stereocenters. The molecule has 0 amide bonds. The number of aryl methyl sites for hydroxylation is 2. The molecule has 1 rings (SSSR count). The summed E-state index contributed by atoms with van der Waals surface area (Å²) in [6.07, 6.45) is 5.31. The van der Waals surface area contributed by atoms with Crippen LogP contribution >= 0.6 is 0 Å². The quantitative estimate of drug-likeness (QED) is 0.704. The molecule has 17 heavy (non-hydrogen) atoms. The molecule has 0 radical (unpaired) electrons. The van der Waals surface area contributed by atoms with Crippen molar-refractivity contribution in [1.29, 1.82) is 0 Å². The van der Waals surface area contributed by atoms with Gasteiger partial charge in [-0.15, -0.1) is 6.58 Å². The topological polar surface area (TPSA) is 12.0 Å². The van der Waals surface area contributed by atoms with Crippen LogP contribution in [0, 0.1) is 13.8 Å². The van der Waals surface area contributed by atoms with E-state index < -0.39 is 0 Å². The zero-order valence-corrected chi connectivity index (χ0v) is 11.4. The summed E-state index contributed by atoms with van der Waals surface area (Å²) in [7, 11) is 0. The van der Waals surface area contributed by atoms with Crippen LogP contribution in [0.5, 0.6) is 0 Å². The van der Waals surface area contributed by atoms with Crippen molar-refractivity contribution in [2.24, 2.45) is 0 Å². The Morgan fingerprint density at radius 1 is 1.29 bits per heavy atom. The van der Waals surface area contributed by atoms with E-state index in [9.17, 15) is 0 Å². The van der Waals surface area contributed by atoms with Gasteiger partial charge in [-0.3, -0.25) is 0 Å². The molecule has 1 heteroatoms. The van der Waals surface area contributed by atoms with Crippen molar-refractivity contribution in [2.45, 2.75) is 46.1 Å². The predicted molar refractivity (Wildman–Crippen MR) is 76.5 cm³/mol. The third-order valence-corrected chi connectivity index (χ3v) is 3.19. The van der Waals surface area contributed by atoms with E-state index in [0.717, 1.165) is 19.4 Å². The number of nitrogens with one attached hydrogen (secondary N) is 1. The van der Waals surface area contributed by atoms with Crippen molar-refractivity contribution < 1.29 is 0 Å². The summed E-state index contributed by atoms with van der Waals surface area (Å²) < 4.78 is 0. The van der Waals surface area contributed by atoms with Gasteiger partial charge in [0.25, 0.3) is 0 Å². The molecule has 1 aromatic carbocycles. The Labute approximate surface area is 106 Å². The molecular formula is C16H25N. The molecule has 1 nitrogen and oxygen atoms in total. The first kappa shape index (κ1) is 14.0. The lowest BCUT2D eigenvalue weighted by atomic mass is 9.99. The standard InChI is InChI=1S/C16H25N/c1-5-7-16(17-10-6-2)12-15-9-8-13(3)14(4)11-15/h5,8-9,11,16-17H,1,6-7,10,12H2,2-4H3. The summed E-state index contributed by atoms with van der Waals surface area (Å²) in [5, 5.41) is 3.58. The van der Waals surface area contributed by atoms with E-state index in [-0.39, 0.29) is 0 Å². The van der Waals surface area contributed by atoms with E-state index in [1.54, 1.807) is 0 Å². The molecule has 94 valence electrons. The van der Waals surface area contributed by atoms with E-state index in [1.165, 1.54) is 23.1 Å². The van der Waals surface area contributed by atoms with E-state index >= 15 is 0 Å². The number of benzene rings is 1. The van der Waals surface area contributed by atoms with E-state index in [2.05, 4.69) is 50.9 Å². The van der Waals surface area contributed by atoms with Gasteiger partial charge in [0.05, 0.1) is 0 Å². The third kappa shape index (κ3) is 4.74. The maximum atomic E-state index is 3.84. The number of hydrogen-bond acceptors (Lipinski definition) is 1. The highest BCUT2D eigenvalue weighted by Crippen LogP contribution is 2.12. The zero-order valence-electron chi connectivity index (χ0n) is 11.4. The molecule has 1 N–H and O–H groups in total. The fourth-order valence-corrected chi connectivity index (χ4v) is 2.00. The van der Waals surface area contributed by atoms with Gasteiger partial charge in [0.1, 0.15) is 0 Å². The van der Waals surface area contributed by atoms with Gasteiger partial charge in [0.2, 0.25) is 0 Å². The van der Waals surface area contributed by atoms with E-state index in [4.69, 9.17) is 0 Å². The summed E-state index contributed by atoms with van der Waals surface area (Å²) >= 11 is 0. The molecule has 0 aliphatic carbocycles. The van der Waals surface area contributed by atoms with Gasteiger partial charge in [0.15, 0.2) is 0 Å². The number of rotatable bonds is 7. The Bertz CT molecular complexity index is 355. The fourth-order valence-electron chi connectivity index (χ4n) is 2.00. The largest absolute Gasteiger partial charge is 0.313 e. The van der Waals surface area contributed by atoms with Crippen LogP contribution in [0.4, 0.5) is 0 Å². The maximum absolute atomic E-state index is 3.84. The SMILES string of the molecule is C=CCC(Cc1ccc(C)c(C)c1)NCCC. The highest BCUT2D eigenvalue weighted by molar-refractivity contribution is 5.30. The molecule has 0 aliphatic rings. The summed E-state index contributed by atoms with van der Waals surface area (Å²) in [4.78, 5) is 0. The van der Waals surface area contributed by atoms with Crippen molar-refractivity contribution in [1.82, 2.24) is 5.32 Å². The molecule has 0 aromatic heterocycles. The van der Waals surface area contributed by atoms with Crippen LogP contribution < -0.4 is 5.32 Å². The minimum absolute atomic E-state index is 0.523. The highest BCUT2D eigenvalue weighted by atomic mass is 14.9. The highest BCUT2D eigenvalue weighted by Gasteiger charge is 2.07. The minimum Gasteiger partial charge on any atom is -0.313 e. The second-order valence-electron chi connectivity index (χ2n) is 4.80. The Balaban J connectivity index is 2.64. The molecule has 0 saturated carbocycles. The average molecular weight is 231 g/mol. The second kappa shape index (κ2) is 7.29. The van der Waals surface area contributed by atoms with Crippen LogP contribution in [0.3, 0.4) is 0 Å². The smallest absolute Gasteiger partial charge is 0.0142 e. The number of hydrogen-bond donors (Lipinski definition) is 1. The monoisotopic (exact) mass is 231 g/mol. The third-order valence-electron chi connectivity index (χ3n) is 3.19. The lowest BCUT2D eigenvalue weighted by Crippen LogP contribution is -2.31. The van der Waals surface area contributed by atoms with Gasteiger partial charge in [-0.25, -0.2) is 0 Å². The molecule has 0 saturated heterocycles. The average Bonchev–Trinajstić information content (AvgIpc) is 2.31. The van der Waals surface area contributed by atoms with E-state index in [0.29, 0.717) is 6.04 Å². The van der Waals surface area contributed by atoms with Crippen molar-refractivity contribution >= 4 is 0 Å². The first-order valence-electron chi connectivity index (χ1n) is 6.57. The molecule has 0 bridgehead atoms. The Hall–Kier alpha value is -1.08. The van der Waals surface area contributed by atoms with Crippen LogP contribution in [0.1, 0.15) is 36.5 Å². The van der Waals surface area contributed by atoms with Gasteiger partial charge in [-0.05, 0) is 56.3 Å². The summed E-state index contributed by atoms with van der Waals surface area (Å²) in [6, 6.07) is 7.29. The second-order valence-corrected chi connectivity index (χ2v) is 4.80. The Morgan fingerprint density at radius 3 is 2.65 bits per heavy atom. The van der Waals surface area contributed by atoms with Crippen LogP contribution in [0.2, 0.25) is 0 Å². The Morgan fingerprint density at radius 2 is 2.06 bits per heavy atom. The summed E-state index contributed by atoms with van der Waals surface area (Å²) in [5.41, 5.74) is 4.18. The molecule has 0 heterocycles. The first-order chi connectivity index (χ1) is 8.17. The summed E-state index contributed by atoms with van der Waals surface area (Å²) in [6.45, 7) is 11.5. The van der Waals surface area contributed by atoms with E-state index in [1.807, 2.05) is 6.08 Å². The molecule has 0 aliphatic heterocycles. The Kier molecular flexibility index (Phi) is 5.99. The molecule has 0 spiro atoms. The molecule has 0 fully saturated rings. The maximum Gasteiger partial charge on any atom is 0.0142 e. The van der Waals surface area contributed by atoms with Gasteiger partial charge in [0, 0.05) is 6.04 Å². The van der Waals surface area contributed by atoms with Gasteiger partial charge >= 0.3 is 0 Å². The summed E-state index contributed by atoms with van der Waals surface area (Å²) in [5.74, 6) is 0. The van der Waals surface area contributed by atoms with Gasteiger partial charge in [-0.1, -0.05) is 31.2 Å². The van der Waals surface area contributed by atoms with Crippen molar-refractivity contribution in [3.05, 3.63) is 47.5 Å². The normalized spacial score (nSPS) is 12.4. The van der Waals surface area contributed by atoms with Crippen LogP contribution in [-0.2, 0) is 6.42 Å². The lowest BCUT2D eigenvalue weighted by Gasteiger charge is -2.17. The molecule has 1 unspecified atom stereocenters.